The van der Waals surface area contributed by atoms with E-state index in [1.807, 2.05) is 12.1 Å². The molecule has 1 aliphatic rings. The van der Waals surface area contributed by atoms with Crippen LogP contribution in [0.2, 0.25) is 0 Å². The van der Waals surface area contributed by atoms with Gasteiger partial charge in [0.15, 0.2) is 5.65 Å². The van der Waals surface area contributed by atoms with Gasteiger partial charge in [0.1, 0.15) is 0 Å². The number of rotatable bonds is 5. The largest absolute Gasteiger partial charge is 0.297 e. The highest BCUT2D eigenvalue weighted by atomic mass is 16.1. The Kier molecular flexibility index (Phi) is 4.95. The van der Waals surface area contributed by atoms with Gasteiger partial charge in [-0.1, -0.05) is 42.5 Å². The molecule has 134 valence electrons. The average Bonchev–Trinajstić information content (AvgIpc) is 3.13. The van der Waals surface area contributed by atoms with E-state index in [2.05, 4.69) is 56.3 Å². The minimum Gasteiger partial charge on any atom is -0.297 e. The Labute approximate surface area is 152 Å². The van der Waals surface area contributed by atoms with E-state index >= 15 is 0 Å². The van der Waals surface area contributed by atoms with E-state index < -0.39 is 0 Å². The van der Waals surface area contributed by atoms with E-state index in [-0.39, 0.29) is 5.56 Å². The number of hydrogen-bond donors (Lipinski definition) is 1. The molecular formula is C20H23N5O. The first kappa shape index (κ1) is 16.8. The highest BCUT2D eigenvalue weighted by Gasteiger charge is 2.17. The first-order chi connectivity index (χ1) is 12.8. The Morgan fingerprint density at radius 1 is 1.04 bits per heavy atom. The summed E-state index contributed by atoms with van der Waals surface area (Å²) in [6, 6.07) is 13.8. The first-order valence-electron chi connectivity index (χ1n) is 9.00. The molecule has 0 bridgehead atoms. The lowest BCUT2D eigenvalue weighted by Gasteiger charge is -2.33. The maximum Gasteiger partial charge on any atom is 0.272 e. The minimum absolute atomic E-state index is 0.0558. The van der Waals surface area contributed by atoms with Gasteiger partial charge < -0.3 is 0 Å². The molecule has 0 atom stereocenters. The van der Waals surface area contributed by atoms with E-state index in [0.717, 1.165) is 45.0 Å². The lowest BCUT2D eigenvalue weighted by Crippen LogP contribution is -2.46. The zero-order valence-electron chi connectivity index (χ0n) is 14.7. The molecule has 6 heteroatoms. The van der Waals surface area contributed by atoms with Crippen molar-refractivity contribution in [3.63, 3.8) is 0 Å². The summed E-state index contributed by atoms with van der Waals surface area (Å²) >= 11 is 0. The van der Waals surface area contributed by atoms with Crippen LogP contribution in [0.25, 0.3) is 11.7 Å². The second-order valence-corrected chi connectivity index (χ2v) is 6.63. The number of aromatic amines is 1. The fourth-order valence-corrected chi connectivity index (χ4v) is 3.32. The smallest absolute Gasteiger partial charge is 0.272 e. The van der Waals surface area contributed by atoms with Crippen LogP contribution in [0, 0.1) is 0 Å². The molecule has 4 rings (SSSR count). The summed E-state index contributed by atoms with van der Waals surface area (Å²) in [5, 5.41) is 2.87. The minimum atomic E-state index is -0.0558. The molecule has 6 nitrogen and oxygen atoms in total. The molecule has 3 aromatic rings. The van der Waals surface area contributed by atoms with Crippen LogP contribution in [0.15, 0.2) is 59.5 Å². The first-order valence-corrected chi connectivity index (χ1v) is 9.00. The molecule has 3 heterocycles. The Balaban J connectivity index is 1.29. The molecule has 0 amide bonds. The number of nitrogens with zero attached hydrogens (tertiary/aromatic N) is 4. The van der Waals surface area contributed by atoms with Gasteiger partial charge in [-0.05, 0) is 5.56 Å². The molecule has 0 radical (unpaired) electrons. The molecule has 0 saturated carbocycles. The monoisotopic (exact) mass is 349 g/mol. The second-order valence-electron chi connectivity index (χ2n) is 6.63. The van der Waals surface area contributed by atoms with Crippen LogP contribution < -0.4 is 5.56 Å². The zero-order valence-corrected chi connectivity index (χ0v) is 14.7. The van der Waals surface area contributed by atoms with Gasteiger partial charge in [0, 0.05) is 57.6 Å². The summed E-state index contributed by atoms with van der Waals surface area (Å²) in [5.74, 6) is 0. The van der Waals surface area contributed by atoms with E-state index in [0.29, 0.717) is 5.65 Å². The van der Waals surface area contributed by atoms with Gasteiger partial charge in [-0.3, -0.25) is 19.7 Å². The van der Waals surface area contributed by atoms with Crippen molar-refractivity contribution in [2.45, 2.75) is 6.54 Å². The van der Waals surface area contributed by atoms with Gasteiger partial charge in [0.2, 0.25) is 0 Å². The molecule has 1 aliphatic heterocycles. The van der Waals surface area contributed by atoms with Crippen LogP contribution >= 0.6 is 0 Å². The third kappa shape index (κ3) is 3.92. The van der Waals surface area contributed by atoms with Crippen molar-refractivity contribution in [2.24, 2.45) is 0 Å². The molecule has 2 aromatic heterocycles. The number of aromatic nitrogens is 3. The molecule has 26 heavy (non-hydrogen) atoms. The Morgan fingerprint density at radius 2 is 1.81 bits per heavy atom. The molecule has 1 saturated heterocycles. The summed E-state index contributed by atoms with van der Waals surface area (Å²) < 4.78 is 1.46. The van der Waals surface area contributed by atoms with Crippen molar-refractivity contribution in [1.29, 1.82) is 0 Å². The van der Waals surface area contributed by atoms with E-state index in [1.54, 1.807) is 12.3 Å². The zero-order chi connectivity index (χ0) is 17.8. The van der Waals surface area contributed by atoms with Gasteiger partial charge in [0.05, 0.1) is 5.69 Å². The fraction of sp³-hybridized carbons (Fsp3) is 0.300. The summed E-state index contributed by atoms with van der Waals surface area (Å²) in [4.78, 5) is 21.4. The third-order valence-corrected chi connectivity index (χ3v) is 4.76. The van der Waals surface area contributed by atoms with Crippen LogP contribution in [-0.4, -0.2) is 57.1 Å². The van der Waals surface area contributed by atoms with E-state index in [9.17, 15) is 4.79 Å². The number of benzene rings is 1. The predicted molar refractivity (Wildman–Crippen MR) is 103 cm³/mol. The van der Waals surface area contributed by atoms with Gasteiger partial charge in [0.25, 0.3) is 5.56 Å². The number of fused-ring (bicyclic) bond motifs is 1. The SMILES string of the molecule is O=c1cc(CN2CCN(C/C=C/c3ccccc3)CC2)nc2cc[nH]n12. The topological polar surface area (TPSA) is 56.6 Å². The number of H-pyrrole nitrogens is 1. The van der Waals surface area contributed by atoms with Crippen LogP contribution in [0.1, 0.15) is 11.3 Å². The molecular weight excluding hydrogens is 326 g/mol. The van der Waals surface area contributed by atoms with Crippen molar-refractivity contribution in [3.8, 4) is 0 Å². The van der Waals surface area contributed by atoms with Gasteiger partial charge >= 0.3 is 0 Å². The van der Waals surface area contributed by atoms with Gasteiger partial charge in [-0.25, -0.2) is 9.50 Å². The summed E-state index contributed by atoms with van der Waals surface area (Å²) in [7, 11) is 0. The molecule has 0 aliphatic carbocycles. The van der Waals surface area contributed by atoms with Crippen LogP contribution in [0.4, 0.5) is 0 Å². The molecule has 0 unspecified atom stereocenters. The van der Waals surface area contributed by atoms with Crippen molar-refractivity contribution in [3.05, 3.63) is 76.3 Å². The molecule has 1 fully saturated rings. The van der Waals surface area contributed by atoms with Crippen molar-refractivity contribution in [2.75, 3.05) is 32.7 Å². The predicted octanol–water partition coefficient (Wildman–Crippen LogP) is 1.85. The Morgan fingerprint density at radius 3 is 2.62 bits per heavy atom. The van der Waals surface area contributed by atoms with Crippen LogP contribution in [0.3, 0.4) is 0 Å². The lowest BCUT2D eigenvalue weighted by atomic mass is 10.2. The van der Waals surface area contributed by atoms with Crippen LogP contribution in [-0.2, 0) is 6.54 Å². The van der Waals surface area contributed by atoms with Crippen LogP contribution in [0.5, 0.6) is 0 Å². The highest BCUT2D eigenvalue weighted by molar-refractivity contribution is 5.48. The summed E-state index contributed by atoms with van der Waals surface area (Å²) in [6.45, 7) is 5.75. The molecule has 1 aromatic carbocycles. The maximum absolute atomic E-state index is 12.0. The Bertz CT molecular complexity index is 935. The quantitative estimate of drug-likeness (QED) is 0.764. The normalized spacial score (nSPS) is 16.6. The van der Waals surface area contributed by atoms with E-state index in [1.165, 1.54) is 10.1 Å². The van der Waals surface area contributed by atoms with Crippen molar-refractivity contribution < 1.29 is 0 Å². The fourth-order valence-electron chi connectivity index (χ4n) is 3.32. The van der Waals surface area contributed by atoms with Gasteiger partial charge in [-0.2, -0.15) is 0 Å². The highest BCUT2D eigenvalue weighted by Crippen LogP contribution is 2.08. The van der Waals surface area contributed by atoms with Crippen molar-refractivity contribution in [1.82, 2.24) is 24.4 Å². The summed E-state index contributed by atoms with van der Waals surface area (Å²) in [5.41, 5.74) is 2.70. The number of hydrogen-bond acceptors (Lipinski definition) is 4. The number of piperazine rings is 1. The number of nitrogens with one attached hydrogen (secondary N) is 1. The Hall–Kier alpha value is -2.70. The molecule has 1 N–H and O–H groups in total. The second kappa shape index (κ2) is 7.68. The maximum atomic E-state index is 12.0. The average molecular weight is 349 g/mol. The third-order valence-electron chi connectivity index (χ3n) is 4.76. The standard InChI is InChI=1S/C20H23N5O/c26-20-15-18(22-19-8-9-21-25(19)20)16-24-13-11-23(12-14-24)10-4-7-17-5-2-1-3-6-17/h1-9,15,21H,10-14,16H2/b7-4+. The van der Waals surface area contributed by atoms with E-state index in [4.69, 9.17) is 0 Å². The van der Waals surface area contributed by atoms with Crippen molar-refractivity contribution >= 4 is 11.7 Å². The molecule has 0 spiro atoms. The summed E-state index contributed by atoms with van der Waals surface area (Å²) in [6.07, 6.45) is 6.14. The van der Waals surface area contributed by atoms with Gasteiger partial charge in [-0.15, -0.1) is 0 Å². The lowest BCUT2D eigenvalue weighted by molar-refractivity contribution is 0.136.